The molecule has 1 aliphatic rings. The van der Waals surface area contributed by atoms with Crippen molar-refractivity contribution >= 4 is 11.8 Å². The Bertz CT molecular complexity index is 281. The molecule has 0 saturated carbocycles. The summed E-state index contributed by atoms with van der Waals surface area (Å²) < 4.78 is 0. The lowest BCUT2D eigenvalue weighted by atomic mass is 9.87. The number of carbonyl (C=O) groups is 2. The molecule has 0 bridgehead atoms. The number of carbonyl (C=O) groups excluding carboxylic acids is 2. The number of likely N-dealkylation sites (tertiary alicyclic amines) is 1. The largest absolute Gasteiger partial charge is 0.326 e. The van der Waals surface area contributed by atoms with Gasteiger partial charge < -0.3 is 5.73 Å². The lowest BCUT2D eigenvalue weighted by Crippen LogP contribution is -2.47. The summed E-state index contributed by atoms with van der Waals surface area (Å²) in [5, 5.41) is 0. The molecule has 1 fully saturated rings. The van der Waals surface area contributed by atoms with Gasteiger partial charge in [-0.2, -0.15) is 0 Å². The predicted molar refractivity (Wildman–Crippen MR) is 57.9 cm³/mol. The molecular weight excluding hydrogens is 192 g/mol. The van der Waals surface area contributed by atoms with Gasteiger partial charge in [0.25, 0.3) is 0 Å². The van der Waals surface area contributed by atoms with Crippen LogP contribution in [0.15, 0.2) is 0 Å². The summed E-state index contributed by atoms with van der Waals surface area (Å²) in [6.45, 7) is 8.14. The first-order valence-electron chi connectivity index (χ1n) is 5.33. The molecule has 15 heavy (non-hydrogen) atoms. The van der Waals surface area contributed by atoms with E-state index in [0.29, 0.717) is 13.0 Å². The number of amides is 2. The third-order valence-electron chi connectivity index (χ3n) is 2.96. The number of rotatable bonds is 2. The molecule has 4 nitrogen and oxygen atoms in total. The zero-order valence-corrected chi connectivity index (χ0v) is 9.91. The van der Waals surface area contributed by atoms with Gasteiger partial charge in [0.15, 0.2) is 0 Å². The predicted octanol–water partition coefficient (Wildman–Crippen LogP) is 0.755. The summed E-state index contributed by atoms with van der Waals surface area (Å²) in [5.74, 6) is -0.350. The molecule has 86 valence electrons. The third-order valence-corrected chi connectivity index (χ3v) is 2.96. The first-order chi connectivity index (χ1) is 6.73. The van der Waals surface area contributed by atoms with Crippen LogP contribution in [-0.2, 0) is 9.59 Å². The Morgan fingerprint density at radius 2 is 2.00 bits per heavy atom. The van der Waals surface area contributed by atoms with Gasteiger partial charge in [0, 0.05) is 24.9 Å². The summed E-state index contributed by atoms with van der Waals surface area (Å²) in [5.41, 5.74) is 5.86. The average molecular weight is 212 g/mol. The quantitative estimate of drug-likeness (QED) is 0.687. The summed E-state index contributed by atoms with van der Waals surface area (Å²) >= 11 is 0. The van der Waals surface area contributed by atoms with Gasteiger partial charge in [0.2, 0.25) is 11.8 Å². The molecule has 2 atom stereocenters. The molecule has 0 aromatic rings. The Hall–Kier alpha value is -0.900. The van der Waals surface area contributed by atoms with Crippen LogP contribution in [0.25, 0.3) is 0 Å². The Balaban J connectivity index is 2.67. The lowest BCUT2D eigenvalue weighted by molar-refractivity contribution is -0.139. The Labute approximate surface area is 90.8 Å². The molecule has 4 heteroatoms. The van der Waals surface area contributed by atoms with Gasteiger partial charge in [-0.1, -0.05) is 27.7 Å². The Morgan fingerprint density at radius 1 is 1.47 bits per heavy atom. The van der Waals surface area contributed by atoms with Crippen LogP contribution in [0.4, 0.5) is 0 Å². The molecule has 1 rings (SSSR count). The fourth-order valence-electron chi connectivity index (χ4n) is 1.51. The van der Waals surface area contributed by atoms with E-state index in [4.69, 9.17) is 5.73 Å². The maximum Gasteiger partial charge on any atom is 0.232 e. The smallest absolute Gasteiger partial charge is 0.232 e. The van der Waals surface area contributed by atoms with Crippen LogP contribution in [0.5, 0.6) is 0 Å². The van der Waals surface area contributed by atoms with Crippen LogP contribution < -0.4 is 5.73 Å². The first-order valence-corrected chi connectivity index (χ1v) is 5.33. The van der Waals surface area contributed by atoms with Gasteiger partial charge in [-0.25, -0.2) is 0 Å². The molecule has 0 aliphatic carbocycles. The van der Waals surface area contributed by atoms with Crippen LogP contribution in [0.2, 0.25) is 0 Å². The van der Waals surface area contributed by atoms with E-state index in [0.717, 1.165) is 0 Å². The van der Waals surface area contributed by atoms with Gasteiger partial charge in [-0.3, -0.25) is 14.5 Å². The zero-order chi connectivity index (χ0) is 11.8. The van der Waals surface area contributed by atoms with E-state index in [-0.39, 0.29) is 29.2 Å². The van der Waals surface area contributed by atoms with Crippen molar-refractivity contribution < 1.29 is 9.59 Å². The topological polar surface area (TPSA) is 63.4 Å². The van der Waals surface area contributed by atoms with Crippen LogP contribution in [0.1, 0.15) is 34.1 Å². The van der Waals surface area contributed by atoms with Gasteiger partial charge in [0.1, 0.15) is 0 Å². The van der Waals surface area contributed by atoms with Crippen molar-refractivity contribution in [1.82, 2.24) is 4.90 Å². The highest BCUT2D eigenvalue weighted by Gasteiger charge is 2.37. The number of nitrogens with zero attached hydrogens (tertiary/aromatic N) is 1. The molecule has 0 spiro atoms. The summed E-state index contributed by atoms with van der Waals surface area (Å²) in [7, 11) is 0. The van der Waals surface area contributed by atoms with E-state index < -0.39 is 0 Å². The third kappa shape index (κ3) is 2.56. The fourth-order valence-corrected chi connectivity index (χ4v) is 1.51. The Morgan fingerprint density at radius 3 is 2.33 bits per heavy atom. The van der Waals surface area contributed by atoms with Gasteiger partial charge in [-0.05, 0) is 5.41 Å². The minimum absolute atomic E-state index is 0.0836. The van der Waals surface area contributed by atoms with E-state index in [2.05, 4.69) is 0 Å². The van der Waals surface area contributed by atoms with Crippen molar-refractivity contribution in [3.8, 4) is 0 Å². The van der Waals surface area contributed by atoms with E-state index >= 15 is 0 Å². The van der Waals surface area contributed by atoms with Crippen LogP contribution in [0.3, 0.4) is 0 Å². The molecule has 0 aromatic carbocycles. The second kappa shape index (κ2) is 3.93. The minimum Gasteiger partial charge on any atom is -0.326 e. The minimum atomic E-state index is -0.176. The van der Waals surface area contributed by atoms with Crippen molar-refractivity contribution in [3.63, 3.8) is 0 Å². The number of hydrogen-bond acceptors (Lipinski definition) is 3. The van der Waals surface area contributed by atoms with Gasteiger partial charge >= 0.3 is 0 Å². The molecule has 2 amide bonds. The van der Waals surface area contributed by atoms with E-state index in [1.807, 2.05) is 20.8 Å². The zero-order valence-electron chi connectivity index (χ0n) is 9.91. The number of hydrogen-bond donors (Lipinski definition) is 1. The molecule has 0 radical (unpaired) electrons. The average Bonchev–Trinajstić information content (AvgIpc) is 2.30. The van der Waals surface area contributed by atoms with E-state index in [1.165, 1.54) is 4.90 Å². The van der Waals surface area contributed by atoms with Crippen molar-refractivity contribution in [2.75, 3.05) is 6.54 Å². The van der Waals surface area contributed by atoms with Crippen LogP contribution >= 0.6 is 0 Å². The summed E-state index contributed by atoms with van der Waals surface area (Å²) in [6, 6.07) is -0.171. The molecule has 2 unspecified atom stereocenters. The van der Waals surface area contributed by atoms with Crippen molar-refractivity contribution in [2.45, 2.75) is 40.2 Å². The highest BCUT2D eigenvalue weighted by Crippen LogP contribution is 2.23. The maximum absolute atomic E-state index is 11.6. The summed E-state index contributed by atoms with van der Waals surface area (Å²) in [6.07, 6.45) is 0.329. The van der Waals surface area contributed by atoms with Crippen molar-refractivity contribution in [3.05, 3.63) is 0 Å². The first kappa shape index (κ1) is 12.2. The summed E-state index contributed by atoms with van der Waals surface area (Å²) in [4.78, 5) is 24.4. The normalized spacial score (nSPS) is 24.9. The van der Waals surface area contributed by atoms with Crippen molar-refractivity contribution in [1.29, 1.82) is 0 Å². The van der Waals surface area contributed by atoms with Crippen molar-refractivity contribution in [2.24, 2.45) is 17.1 Å². The SMILES string of the molecule is CC1CC(=O)N(CC(N)C(C)(C)C)C1=O. The molecule has 1 saturated heterocycles. The monoisotopic (exact) mass is 212 g/mol. The fraction of sp³-hybridized carbons (Fsp3) is 0.818. The highest BCUT2D eigenvalue weighted by atomic mass is 16.2. The molecule has 0 aromatic heterocycles. The number of imide groups is 1. The van der Waals surface area contributed by atoms with Crippen LogP contribution in [-0.4, -0.2) is 29.3 Å². The number of nitrogens with two attached hydrogens (primary N) is 1. The molecular formula is C11H20N2O2. The maximum atomic E-state index is 11.6. The van der Waals surface area contributed by atoms with E-state index in [9.17, 15) is 9.59 Å². The molecule has 1 aliphatic heterocycles. The Kier molecular flexibility index (Phi) is 3.19. The second-order valence-electron chi connectivity index (χ2n) is 5.42. The lowest BCUT2D eigenvalue weighted by Gasteiger charge is -2.30. The standard InChI is InChI=1S/C11H20N2O2/c1-7-5-9(14)13(10(7)15)6-8(12)11(2,3)4/h7-8H,5-6,12H2,1-4H3. The second-order valence-corrected chi connectivity index (χ2v) is 5.42. The van der Waals surface area contributed by atoms with E-state index in [1.54, 1.807) is 6.92 Å². The highest BCUT2D eigenvalue weighted by molar-refractivity contribution is 6.03. The van der Waals surface area contributed by atoms with Gasteiger partial charge in [-0.15, -0.1) is 0 Å². The molecule has 2 N–H and O–H groups in total. The van der Waals surface area contributed by atoms with Gasteiger partial charge in [0.05, 0.1) is 0 Å². The molecule has 1 heterocycles. The van der Waals surface area contributed by atoms with Crippen LogP contribution in [0, 0.1) is 11.3 Å².